The van der Waals surface area contributed by atoms with E-state index in [4.69, 9.17) is 0 Å². The van der Waals surface area contributed by atoms with Crippen molar-refractivity contribution in [1.29, 1.82) is 0 Å². The number of benzene rings is 2. The molecule has 0 aliphatic heterocycles. The molecular formula is C18H14N2. The van der Waals surface area contributed by atoms with E-state index >= 15 is 0 Å². The third kappa shape index (κ3) is 1.77. The van der Waals surface area contributed by atoms with Crippen LogP contribution < -0.4 is 0 Å². The van der Waals surface area contributed by atoms with Gasteiger partial charge in [-0.05, 0) is 35.2 Å². The lowest BCUT2D eigenvalue weighted by Crippen LogP contribution is -1.98. The maximum Gasteiger partial charge on any atom is 0.0705 e. The second-order valence-corrected chi connectivity index (χ2v) is 4.99. The van der Waals surface area contributed by atoms with Gasteiger partial charge < -0.3 is 4.57 Å². The van der Waals surface area contributed by atoms with E-state index in [1.807, 2.05) is 12.3 Å². The van der Waals surface area contributed by atoms with Gasteiger partial charge in [0.15, 0.2) is 0 Å². The molecule has 2 aromatic carbocycles. The van der Waals surface area contributed by atoms with E-state index in [9.17, 15) is 0 Å². The second-order valence-electron chi connectivity index (χ2n) is 4.99. The third-order valence-corrected chi connectivity index (χ3v) is 3.76. The predicted octanol–water partition coefficient (Wildman–Crippen LogP) is 4.24. The van der Waals surface area contributed by atoms with Crippen LogP contribution in [-0.2, 0) is 6.54 Å². The van der Waals surface area contributed by atoms with Gasteiger partial charge in [-0.1, -0.05) is 36.4 Å². The number of para-hydroxylation sites is 1. The van der Waals surface area contributed by atoms with E-state index in [-0.39, 0.29) is 0 Å². The highest BCUT2D eigenvalue weighted by Crippen LogP contribution is 2.21. The Labute approximate surface area is 117 Å². The van der Waals surface area contributed by atoms with Crippen molar-refractivity contribution in [2.24, 2.45) is 0 Å². The van der Waals surface area contributed by atoms with Crippen molar-refractivity contribution in [2.45, 2.75) is 6.54 Å². The summed E-state index contributed by atoms with van der Waals surface area (Å²) in [6.45, 7) is 0.872. The smallest absolute Gasteiger partial charge is 0.0705 e. The molecule has 4 rings (SSSR count). The van der Waals surface area contributed by atoms with E-state index in [2.05, 4.69) is 70.3 Å². The van der Waals surface area contributed by atoms with Gasteiger partial charge in [0.2, 0.25) is 0 Å². The van der Waals surface area contributed by atoms with E-state index in [0.717, 1.165) is 12.1 Å². The SMILES string of the molecule is c1ccc2c(c1)ccn2Cc1cccc2ncccc12. The molecule has 0 saturated heterocycles. The van der Waals surface area contributed by atoms with Gasteiger partial charge in [0.1, 0.15) is 0 Å². The molecule has 0 amide bonds. The Hall–Kier alpha value is -2.61. The number of pyridine rings is 1. The first-order chi connectivity index (χ1) is 9.92. The molecule has 0 aliphatic rings. The molecule has 20 heavy (non-hydrogen) atoms. The molecule has 0 saturated carbocycles. The monoisotopic (exact) mass is 258 g/mol. The zero-order valence-electron chi connectivity index (χ0n) is 11.0. The van der Waals surface area contributed by atoms with Crippen molar-refractivity contribution in [3.63, 3.8) is 0 Å². The number of fused-ring (bicyclic) bond motifs is 2. The summed E-state index contributed by atoms with van der Waals surface area (Å²) in [6, 6.07) is 21.1. The average Bonchev–Trinajstić information content (AvgIpc) is 2.91. The lowest BCUT2D eigenvalue weighted by Gasteiger charge is -2.08. The van der Waals surface area contributed by atoms with E-state index < -0.39 is 0 Å². The molecule has 0 N–H and O–H groups in total. The van der Waals surface area contributed by atoms with Crippen LogP contribution in [0.2, 0.25) is 0 Å². The van der Waals surface area contributed by atoms with Gasteiger partial charge in [-0.15, -0.1) is 0 Å². The molecule has 0 spiro atoms. The fourth-order valence-electron chi connectivity index (χ4n) is 2.77. The van der Waals surface area contributed by atoms with Crippen molar-refractivity contribution < 1.29 is 0 Å². The van der Waals surface area contributed by atoms with Crippen LogP contribution in [-0.4, -0.2) is 9.55 Å². The minimum atomic E-state index is 0.872. The number of hydrogen-bond donors (Lipinski definition) is 0. The highest BCUT2D eigenvalue weighted by atomic mass is 14.9. The van der Waals surface area contributed by atoms with Crippen LogP contribution in [0.15, 0.2) is 73.1 Å². The number of nitrogens with zero attached hydrogens (tertiary/aromatic N) is 2. The molecule has 96 valence electrons. The summed E-state index contributed by atoms with van der Waals surface area (Å²) < 4.78 is 2.29. The average molecular weight is 258 g/mol. The van der Waals surface area contributed by atoms with Gasteiger partial charge in [0.25, 0.3) is 0 Å². The quantitative estimate of drug-likeness (QED) is 0.526. The van der Waals surface area contributed by atoms with Crippen LogP contribution in [0.1, 0.15) is 5.56 Å². The molecule has 0 unspecified atom stereocenters. The first kappa shape index (κ1) is 11.2. The summed E-state index contributed by atoms with van der Waals surface area (Å²) in [5.41, 5.74) is 3.63. The Morgan fingerprint density at radius 1 is 0.850 bits per heavy atom. The minimum absolute atomic E-state index is 0.872. The second kappa shape index (κ2) is 4.49. The number of hydrogen-bond acceptors (Lipinski definition) is 1. The van der Waals surface area contributed by atoms with Crippen LogP contribution in [0, 0.1) is 0 Å². The Bertz CT molecular complexity index is 885. The minimum Gasteiger partial charge on any atom is -0.343 e. The number of aromatic nitrogens is 2. The Morgan fingerprint density at radius 3 is 2.80 bits per heavy atom. The zero-order valence-corrected chi connectivity index (χ0v) is 11.0. The Kier molecular flexibility index (Phi) is 2.52. The summed E-state index contributed by atoms with van der Waals surface area (Å²) in [6.07, 6.45) is 4.00. The first-order valence-electron chi connectivity index (χ1n) is 6.78. The van der Waals surface area contributed by atoms with E-state index in [0.29, 0.717) is 0 Å². The Balaban J connectivity index is 1.85. The van der Waals surface area contributed by atoms with Crippen LogP contribution in [0.4, 0.5) is 0 Å². The molecule has 2 nitrogen and oxygen atoms in total. The topological polar surface area (TPSA) is 17.8 Å². The van der Waals surface area contributed by atoms with Crippen molar-refractivity contribution in [1.82, 2.24) is 9.55 Å². The fraction of sp³-hybridized carbons (Fsp3) is 0.0556. The zero-order chi connectivity index (χ0) is 13.4. The van der Waals surface area contributed by atoms with Crippen LogP contribution in [0.5, 0.6) is 0 Å². The predicted molar refractivity (Wildman–Crippen MR) is 82.8 cm³/mol. The van der Waals surface area contributed by atoms with Gasteiger partial charge in [-0.25, -0.2) is 0 Å². The van der Waals surface area contributed by atoms with Gasteiger partial charge >= 0.3 is 0 Å². The maximum atomic E-state index is 4.42. The molecule has 2 aromatic heterocycles. The van der Waals surface area contributed by atoms with Crippen LogP contribution in [0.25, 0.3) is 21.8 Å². The summed E-state index contributed by atoms with van der Waals surface area (Å²) in [5, 5.41) is 2.51. The molecule has 0 aliphatic carbocycles. The van der Waals surface area contributed by atoms with E-state index in [1.54, 1.807) is 0 Å². The van der Waals surface area contributed by atoms with Crippen LogP contribution in [0.3, 0.4) is 0 Å². The molecule has 2 heteroatoms. The van der Waals surface area contributed by atoms with E-state index in [1.165, 1.54) is 21.9 Å². The first-order valence-corrected chi connectivity index (χ1v) is 6.78. The summed E-state index contributed by atoms with van der Waals surface area (Å²) >= 11 is 0. The molecule has 0 fully saturated rings. The molecule has 0 bridgehead atoms. The van der Waals surface area contributed by atoms with Crippen molar-refractivity contribution in [2.75, 3.05) is 0 Å². The standard InChI is InChI=1S/C18H14N2/c1-2-9-18-14(5-1)10-12-20(18)13-15-6-3-8-17-16(15)7-4-11-19-17/h1-12H,13H2. The maximum absolute atomic E-state index is 4.42. The highest BCUT2D eigenvalue weighted by Gasteiger charge is 2.04. The lowest BCUT2D eigenvalue weighted by atomic mass is 10.1. The van der Waals surface area contributed by atoms with Gasteiger partial charge in [0, 0.05) is 29.8 Å². The number of rotatable bonds is 2. The van der Waals surface area contributed by atoms with Crippen LogP contribution >= 0.6 is 0 Å². The molecule has 0 radical (unpaired) electrons. The normalized spacial score (nSPS) is 11.2. The highest BCUT2D eigenvalue weighted by molar-refractivity contribution is 5.83. The van der Waals surface area contributed by atoms with Gasteiger partial charge in [0.05, 0.1) is 5.52 Å². The molecular weight excluding hydrogens is 244 g/mol. The fourth-order valence-corrected chi connectivity index (χ4v) is 2.77. The van der Waals surface area contributed by atoms with Crippen molar-refractivity contribution in [3.05, 3.63) is 78.6 Å². The molecule has 2 heterocycles. The van der Waals surface area contributed by atoms with Crippen molar-refractivity contribution >= 4 is 21.8 Å². The van der Waals surface area contributed by atoms with Gasteiger partial charge in [-0.3, -0.25) is 4.98 Å². The summed E-state index contributed by atoms with van der Waals surface area (Å²) in [5.74, 6) is 0. The van der Waals surface area contributed by atoms with Gasteiger partial charge in [-0.2, -0.15) is 0 Å². The Morgan fingerprint density at radius 2 is 1.80 bits per heavy atom. The largest absolute Gasteiger partial charge is 0.343 e. The lowest BCUT2D eigenvalue weighted by molar-refractivity contribution is 0.843. The summed E-state index contributed by atoms with van der Waals surface area (Å²) in [7, 11) is 0. The van der Waals surface area contributed by atoms with Crippen molar-refractivity contribution in [3.8, 4) is 0 Å². The third-order valence-electron chi connectivity index (χ3n) is 3.76. The molecule has 0 atom stereocenters. The molecule has 4 aromatic rings. The summed E-state index contributed by atoms with van der Waals surface area (Å²) in [4.78, 5) is 4.42.